The van der Waals surface area contributed by atoms with E-state index >= 15 is 0 Å². The monoisotopic (exact) mass is 342 g/mol. The van der Waals surface area contributed by atoms with Gasteiger partial charge in [0.25, 0.3) is 0 Å². The van der Waals surface area contributed by atoms with Gasteiger partial charge < -0.3 is 15.1 Å². The van der Waals surface area contributed by atoms with Gasteiger partial charge in [0.05, 0.1) is 18.3 Å². The molecule has 0 unspecified atom stereocenters. The molecule has 0 saturated carbocycles. The molecule has 0 aliphatic carbocycles. The summed E-state index contributed by atoms with van der Waals surface area (Å²) in [7, 11) is 3.96. The quantitative estimate of drug-likeness (QED) is 0.868. The normalized spacial score (nSPS) is 17.8. The summed E-state index contributed by atoms with van der Waals surface area (Å²) >= 11 is 0. The van der Waals surface area contributed by atoms with Crippen molar-refractivity contribution in [2.45, 2.75) is 31.7 Å². The van der Waals surface area contributed by atoms with Crippen LogP contribution in [0.1, 0.15) is 25.0 Å². The highest BCUT2D eigenvalue weighted by molar-refractivity contribution is 5.78. The second-order valence-electron chi connectivity index (χ2n) is 6.71. The zero-order valence-corrected chi connectivity index (χ0v) is 14.9. The minimum absolute atomic E-state index is 0.168. The van der Waals surface area contributed by atoms with Crippen LogP contribution in [0.15, 0.2) is 30.6 Å². The third-order valence-electron chi connectivity index (χ3n) is 4.56. The number of aromatic nitrogens is 3. The molecular weight excluding hydrogens is 316 g/mol. The third kappa shape index (κ3) is 4.71. The second-order valence-corrected chi connectivity index (χ2v) is 6.71. The lowest BCUT2D eigenvalue weighted by Crippen LogP contribution is -2.34. The van der Waals surface area contributed by atoms with Crippen LogP contribution in [0.3, 0.4) is 0 Å². The molecule has 1 aliphatic heterocycles. The number of carbonyl (C=O) groups excluding carboxylic acids is 1. The summed E-state index contributed by atoms with van der Waals surface area (Å²) in [4.78, 5) is 20.8. The second kappa shape index (κ2) is 8.00. The van der Waals surface area contributed by atoms with Crippen LogP contribution in [0, 0.1) is 0 Å². The average Bonchev–Trinajstić information content (AvgIpc) is 2.99. The molecule has 2 N–H and O–H groups in total. The first-order valence-corrected chi connectivity index (χ1v) is 8.78. The first-order chi connectivity index (χ1) is 12.1. The Bertz CT molecular complexity index is 667. The molecule has 134 valence electrons. The summed E-state index contributed by atoms with van der Waals surface area (Å²) in [6, 6.07) is 6.30. The summed E-state index contributed by atoms with van der Waals surface area (Å²) in [5.74, 6) is 1.11. The van der Waals surface area contributed by atoms with Crippen LogP contribution in [-0.4, -0.2) is 59.2 Å². The summed E-state index contributed by atoms with van der Waals surface area (Å²) in [6.07, 6.45) is 6.97. The van der Waals surface area contributed by atoms with Gasteiger partial charge in [0.2, 0.25) is 5.91 Å². The number of rotatable bonds is 5. The lowest BCUT2D eigenvalue weighted by atomic mass is 10.1. The fraction of sp³-hybridized carbons (Fsp3) is 0.500. The molecule has 2 aromatic heterocycles. The van der Waals surface area contributed by atoms with Crippen LogP contribution in [-0.2, 0) is 11.2 Å². The maximum absolute atomic E-state index is 12.4. The number of aromatic amines is 1. The number of likely N-dealkylation sites (tertiary alicyclic amines) is 1. The van der Waals surface area contributed by atoms with Crippen molar-refractivity contribution >= 4 is 17.4 Å². The standard InChI is InChI=1S/C18H26N6O/c1-23(2)17-6-5-16(13-19-17)21-14-4-3-10-24(11-8-14)18(25)12-15-7-9-20-22-15/h5-7,9,13-14,21H,3-4,8,10-12H2,1-2H3,(H,20,22)/t14-/m0/s1. The number of anilines is 2. The Labute approximate surface area is 148 Å². The fourth-order valence-electron chi connectivity index (χ4n) is 3.12. The SMILES string of the molecule is CN(C)c1ccc(N[C@H]2CCCN(C(=O)Cc3ccn[nH]3)CC2)cn1. The molecule has 3 rings (SSSR count). The van der Waals surface area contributed by atoms with Crippen LogP contribution in [0.4, 0.5) is 11.5 Å². The number of hydrogen-bond acceptors (Lipinski definition) is 5. The predicted molar refractivity (Wildman–Crippen MR) is 98.7 cm³/mol. The highest BCUT2D eigenvalue weighted by Crippen LogP contribution is 2.18. The summed E-state index contributed by atoms with van der Waals surface area (Å²) in [5, 5.41) is 10.3. The zero-order valence-electron chi connectivity index (χ0n) is 14.9. The van der Waals surface area contributed by atoms with Crippen molar-refractivity contribution in [3.8, 4) is 0 Å². The molecule has 1 saturated heterocycles. The van der Waals surface area contributed by atoms with E-state index in [0.717, 1.165) is 49.6 Å². The number of pyridine rings is 1. The first-order valence-electron chi connectivity index (χ1n) is 8.78. The molecule has 1 amide bonds. The Kier molecular flexibility index (Phi) is 5.53. The Morgan fingerprint density at radius 2 is 2.20 bits per heavy atom. The van der Waals surface area contributed by atoms with Gasteiger partial charge in [-0.3, -0.25) is 9.89 Å². The molecule has 1 atom stereocenters. The van der Waals surface area contributed by atoms with E-state index in [9.17, 15) is 4.79 Å². The van der Waals surface area contributed by atoms with Gasteiger partial charge >= 0.3 is 0 Å². The summed E-state index contributed by atoms with van der Waals surface area (Å²) < 4.78 is 0. The Morgan fingerprint density at radius 1 is 1.32 bits per heavy atom. The molecule has 1 aliphatic rings. The van der Waals surface area contributed by atoms with Gasteiger partial charge in [0.15, 0.2) is 0 Å². The molecular formula is C18H26N6O. The van der Waals surface area contributed by atoms with E-state index in [4.69, 9.17) is 0 Å². The fourth-order valence-corrected chi connectivity index (χ4v) is 3.12. The molecule has 25 heavy (non-hydrogen) atoms. The molecule has 7 nitrogen and oxygen atoms in total. The van der Waals surface area contributed by atoms with Crippen molar-refractivity contribution < 1.29 is 4.79 Å². The van der Waals surface area contributed by atoms with Gasteiger partial charge in [0, 0.05) is 45.1 Å². The van der Waals surface area contributed by atoms with Crippen molar-refractivity contribution in [3.63, 3.8) is 0 Å². The Morgan fingerprint density at radius 3 is 2.88 bits per heavy atom. The number of H-pyrrole nitrogens is 1. The van der Waals surface area contributed by atoms with Crippen LogP contribution in [0.5, 0.6) is 0 Å². The van der Waals surface area contributed by atoms with E-state index in [2.05, 4.69) is 26.6 Å². The number of nitrogens with zero attached hydrogens (tertiary/aromatic N) is 4. The van der Waals surface area contributed by atoms with Crippen LogP contribution in [0.25, 0.3) is 0 Å². The Hall–Kier alpha value is -2.57. The van der Waals surface area contributed by atoms with Crippen molar-refractivity contribution in [3.05, 3.63) is 36.3 Å². The third-order valence-corrected chi connectivity index (χ3v) is 4.56. The van der Waals surface area contributed by atoms with Gasteiger partial charge in [0.1, 0.15) is 5.82 Å². The molecule has 1 fully saturated rings. The van der Waals surface area contributed by atoms with E-state index < -0.39 is 0 Å². The minimum atomic E-state index is 0.168. The molecule has 3 heterocycles. The Balaban J connectivity index is 1.51. The van der Waals surface area contributed by atoms with Crippen LogP contribution < -0.4 is 10.2 Å². The average molecular weight is 342 g/mol. The number of amides is 1. The molecule has 7 heteroatoms. The van der Waals surface area contributed by atoms with Gasteiger partial charge in [-0.25, -0.2) is 4.98 Å². The topological polar surface area (TPSA) is 77.1 Å². The molecule has 2 aromatic rings. The van der Waals surface area contributed by atoms with Gasteiger partial charge in [-0.1, -0.05) is 0 Å². The van der Waals surface area contributed by atoms with Gasteiger partial charge in [-0.15, -0.1) is 0 Å². The summed E-state index contributed by atoms with van der Waals surface area (Å²) in [5.41, 5.74) is 1.91. The maximum atomic E-state index is 12.4. The molecule has 0 bridgehead atoms. The molecule has 0 aromatic carbocycles. The van der Waals surface area contributed by atoms with Gasteiger partial charge in [-0.2, -0.15) is 5.10 Å². The highest BCUT2D eigenvalue weighted by atomic mass is 16.2. The van der Waals surface area contributed by atoms with Crippen molar-refractivity contribution in [1.29, 1.82) is 0 Å². The molecule has 0 radical (unpaired) electrons. The lowest BCUT2D eigenvalue weighted by Gasteiger charge is -2.21. The number of hydrogen-bond donors (Lipinski definition) is 2. The van der Waals surface area contributed by atoms with Crippen molar-refractivity contribution in [1.82, 2.24) is 20.1 Å². The van der Waals surface area contributed by atoms with Gasteiger partial charge in [-0.05, 0) is 37.5 Å². The van der Waals surface area contributed by atoms with Crippen LogP contribution >= 0.6 is 0 Å². The van der Waals surface area contributed by atoms with Crippen molar-refractivity contribution in [2.75, 3.05) is 37.4 Å². The van der Waals surface area contributed by atoms with E-state index in [1.54, 1.807) is 6.20 Å². The predicted octanol–water partition coefficient (Wildman–Crippen LogP) is 1.91. The highest BCUT2D eigenvalue weighted by Gasteiger charge is 2.21. The smallest absolute Gasteiger partial charge is 0.228 e. The van der Waals surface area contributed by atoms with E-state index in [-0.39, 0.29) is 5.91 Å². The zero-order chi connectivity index (χ0) is 17.6. The van der Waals surface area contributed by atoms with Crippen LogP contribution in [0.2, 0.25) is 0 Å². The van der Waals surface area contributed by atoms with E-state index in [1.807, 2.05) is 42.2 Å². The largest absolute Gasteiger partial charge is 0.381 e. The maximum Gasteiger partial charge on any atom is 0.228 e. The first kappa shape index (κ1) is 17.3. The number of carbonyl (C=O) groups is 1. The van der Waals surface area contributed by atoms with E-state index in [1.165, 1.54) is 0 Å². The number of nitrogens with one attached hydrogen (secondary N) is 2. The minimum Gasteiger partial charge on any atom is -0.381 e. The lowest BCUT2D eigenvalue weighted by molar-refractivity contribution is -0.130. The molecule has 0 spiro atoms. The van der Waals surface area contributed by atoms with E-state index in [0.29, 0.717) is 12.5 Å². The summed E-state index contributed by atoms with van der Waals surface area (Å²) in [6.45, 7) is 1.61. The van der Waals surface area contributed by atoms with Crippen molar-refractivity contribution in [2.24, 2.45) is 0 Å².